The Bertz CT molecular complexity index is 1200. The minimum Gasteiger partial charge on any atom is -0.481 e. The first kappa shape index (κ1) is 24.9. The number of nitrogens with one attached hydrogen (secondary N) is 4. The highest BCUT2D eigenvalue weighted by molar-refractivity contribution is 7.97. The van der Waals surface area contributed by atoms with E-state index in [0.717, 1.165) is 21.6 Å². The number of aliphatic hydroxyl groups is 1. The summed E-state index contributed by atoms with van der Waals surface area (Å²) in [6, 6.07) is 13.4. The van der Waals surface area contributed by atoms with Gasteiger partial charge in [-0.3, -0.25) is 14.8 Å². The molecule has 5 rings (SSSR count). The number of aliphatic imine (C=N–C) groups is 1. The van der Waals surface area contributed by atoms with E-state index in [1.165, 1.54) is 11.9 Å². The number of fused-ring (bicyclic) bond motifs is 2. The average molecular weight is 522 g/mol. The third kappa shape index (κ3) is 4.65. The Kier molecular flexibility index (Phi) is 6.39. The van der Waals surface area contributed by atoms with Crippen molar-refractivity contribution < 1.29 is 27.8 Å². The Labute approximate surface area is 210 Å². The lowest BCUT2D eigenvalue weighted by atomic mass is 9.77. The van der Waals surface area contributed by atoms with E-state index in [0.29, 0.717) is 18.7 Å². The maximum Gasteiger partial charge on any atom is 0.471 e. The monoisotopic (exact) mass is 521 g/mol. The largest absolute Gasteiger partial charge is 0.481 e. The molecule has 1 saturated heterocycles. The van der Waals surface area contributed by atoms with Crippen molar-refractivity contribution in [1.82, 2.24) is 15.4 Å². The number of hydrogen-bond donors (Lipinski definition) is 5. The van der Waals surface area contributed by atoms with Crippen LogP contribution in [0.5, 0.6) is 0 Å². The molecule has 2 aromatic rings. The molecule has 12 heteroatoms. The molecule has 0 saturated carbocycles. The molecule has 1 fully saturated rings. The van der Waals surface area contributed by atoms with Gasteiger partial charge in [0, 0.05) is 35.2 Å². The van der Waals surface area contributed by atoms with Crippen LogP contribution in [0.2, 0.25) is 0 Å². The van der Waals surface area contributed by atoms with Gasteiger partial charge in [-0.2, -0.15) is 13.2 Å². The third-order valence-electron chi connectivity index (χ3n) is 6.71. The van der Waals surface area contributed by atoms with Crippen molar-refractivity contribution in [2.24, 2.45) is 10.9 Å². The van der Waals surface area contributed by atoms with Crippen LogP contribution in [0.15, 0.2) is 52.4 Å². The molecule has 0 aromatic heterocycles. The predicted molar refractivity (Wildman–Crippen MR) is 130 cm³/mol. The summed E-state index contributed by atoms with van der Waals surface area (Å²) in [6.45, 7) is 2.25. The number of amidine groups is 1. The Balaban J connectivity index is 1.58. The van der Waals surface area contributed by atoms with Crippen LogP contribution < -0.4 is 20.7 Å². The van der Waals surface area contributed by atoms with E-state index in [4.69, 9.17) is 4.74 Å². The van der Waals surface area contributed by atoms with E-state index < -0.39 is 23.3 Å². The number of rotatable bonds is 5. The highest BCUT2D eigenvalue weighted by Gasteiger charge is 2.53. The van der Waals surface area contributed by atoms with Crippen molar-refractivity contribution in [3.63, 3.8) is 0 Å². The van der Waals surface area contributed by atoms with Gasteiger partial charge in [0.2, 0.25) is 0 Å². The number of hydrogen-bond acceptors (Lipinski definition) is 7. The van der Waals surface area contributed by atoms with Crippen LogP contribution in [0.4, 0.5) is 18.9 Å². The summed E-state index contributed by atoms with van der Waals surface area (Å²) < 4.78 is 47.5. The Morgan fingerprint density at radius 2 is 2.06 bits per heavy atom. The minimum absolute atomic E-state index is 0.0727. The molecule has 2 aromatic carbocycles. The minimum atomic E-state index is -5.00. The molecule has 0 spiro atoms. The summed E-state index contributed by atoms with van der Waals surface area (Å²) in [5.41, 5.74) is 1.19. The molecule has 2 atom stereocenters. The van der Waals surface area contributed by atoms with Crippen molar-refractivity contribution >= 4 is 29.6 Å². The first-order valence-electron chi connectivity index (χ1n) is 11.5. The third-order valence-corrected chi connectivity index (χ3v) is 7.64. The fourth-order valence-electron chi connectivity index (χ4n) is 4.91. The van der Waals surface area contributed by atoms with Gasteiger partial charge in [0.1, 0.15) is 5.66 Å². The number of anilines is 1. The fraction of sp³-hybridized carbons (Fsp3) is 0.417. The van der Waals surface area contributed by atoms with Crippen LogP contribution >= 0.6 is 11.9 Å². The average Bonchev–Trinajstić information content (AvgIpc) is 3.03. The Morgan fingerprint density at radius 3 is 2.78 bits per heavy atom. The molecule has 3 heterocycles. The molecule has 1 amide bonds. The second-order valence-corrected chi connectivity index (χ2v) is 10.3. The summed E-state index contributed by atoms with van der Waals surface area (Å²) in [5, 5.41) is 19.1. The highest BCUT2D eigenvalue weighted by Crippen LogP contribution is 2.44. The number of halogens is 3. The van der Waals surface area contributed by atoms with Gasteiger partial charge in [0.15, 0.2) is 0 Å². The van der Waals surface area contributed by atoms with E-state index in [1.807, 2.05) is 54.7 Å². The van der Waals surface area contributed by atoms with Crippen molar-refractivity contribution in [3.8, 4) is 0 Å². The van der Waals surface area contributed by atoms with Gasteiger partial charge >= 0.3 is 12.1 Å². The SMILES string of the molecule is Cc1ccc2c(c1)C(NC1(CNC(=O)C(F)(F)F)COC1)(C1CNSc3ccccc3C1)N=C(O)N2. The lowest BCUT2D eigenvalue weighted by Gasteiger charge is -2.51. The van der Waals surface area contributed by atoms with E-state index >= 15 is 0 Å². The van der Waals surface area contributed by atoms with Gasteiger partial charge in [-0.05, 0) is 43.0 Å². The van der Waals surface area contributed by atoms with E-state index in [1.54, 1.807) is 0 Å². The van der Waals surface area contributed by atoms with Crippen molar-refractivity contribution in [2.45, 2.75) is 35.6 Å². The summed E-state index contributed by atoms with van der Waals surface area (Å²) in [5.74, 6) is -2.27. The number of nitrogens with zero attached hydrogens (tertiary/aromatic N) is 1. The number of benzene rings is 2. The lowest BCUT2D eigenvalue weighted by Crippen LogP contribution is -2.72. The summed E-state index contributed by atoms with van der Waals surface area (Å²) in [6.07, 6.45) is -4.41. The van der Waals surface area contributed by atoms with Crippen LogP contribution in [0, 0.1) is 12.8 Å². The van der Waals surface area contributed by atoms with E-state index in [2.05, 4.69) is 20.3 Å². The van der Waals surface area contributed by atoms with E-state index in [9.17, 15) is 23.1 Å². The molecule has 192 valence electrons. The standard InChI is InChI=1S/C24H26F3N5O3S/c1-14-6-7-18-17(8-14)23(31-21(34)30-18,16-9-15-4-2-3-5-19(15)36-29-10-16)32-22(12-35-13-22)11-28-20(33)24(25,26)27/h2-8,16,29,32H,9-13H2,1H3,(H,28,33)(H2,30,31,34). The number of carbonyl (C=O) groups is 1. The van der Waals surface area contributed by atoms with Crippen molar-refractivity contribution in [2.75, 3.05) is 31.6 Å². The van der Waals surface area contributed by atoms with Crippen LogP contribution in [0.25, 0.3) is 0 Å². The predicted octanol–water partition coefficient (Wildman–Crippen LogP) is 2.99. The molecular weight excluding hydrogens is 495 g/mol. The quantitative estimate of drug-likeness (QED) is 0.385. The van der Waals surface area contributed by atoms with Crippen LogP contribution in [-0.2, 0) is 21.6 Å². The zero-order chi connectivity index (χ0) is 25.6. The Hall–Kier alpha value is -2.80. The summed E-state index contributed by atoms with van der Waals surface area (Å²) >= 11 is 1.50. The maximum absolute atomic E-state index is 12.9. The fourth-order valence-corrected chi connectivity index (χ4v) is 5.78. The molecule has 2 unspecified atom stereocenters. The number of carbonyl (C=O) groups excluding carboxylic acids is 1. The van der Waals surface area contributed by atoms with Crippen LogP contribution in [0.3, 0.4) is 0 Å². The second-order valence-electron chi connectivity index (χ2n) is 9.41. The molecule has 0 bridgehead atoms. The zero-order valence-electron chi connectivity index (χ0n) is 19.4. The number of aliphatic hydroxyl groups excluding tert-OH is 1. The maximum atomic E-state index is 12.9. The molecule has 0 aliphatic carbocycles. The molecule has 3 aliphatic rings. The summed E-state index contributed by atoms with van der Waals surface area (Å²) in [4.78, 5) is 17.4. The summed E-state index contributed by atoms with van der Waals surface area (Å²) in [7, 11) is 0. The van der Waals surface area contributed by atoms with Crippen molar-refractivity contribution in [3.05, 3.63) is 59.2 Å². The number of ether oxygens (including phenoxy) is 1. The van der Waals surface area contributed by atoms with Gasteiger partial charge in [-0.15, -0.1) is 0 Å². The first-order valence-corrected chi connectivity index (χ1v) is 12.3. The van der Waals surface area contributed by atoms with Crippen molar-refractivity contribution in [1.29, 1.82) is 0 Å². The highest BCUT2D eigenvalue weighted by atomic mass is 32.2. The second kappa shape index (κ2) is 9.25. The van der Waals surface area contributed by atoms with Gasteiger partial charge in [0.25, 0.3) is 6.02 Å². The van der Waals surface area contributed by atoms with Gasteiger partial charge in [0.05, 0.1) is 18.8 Å². The topological polar surface area (TPSA) is 107 Å². The molecule has 0 radical (unpaired) electrons. The molecule has 5 N–H and O–H groups in total. The first-order chi connectivity index (χ1) is 17.1. The Morgan fingerprint density at radius 1 is 1.28 bits per heavy atom. The number of amides is 1. The lowest BCUT2D eigenvalue weighted by molar-refractivity contribution is -0.175. The van der Waals surface area contributed by atoms with Gasteiger partial charge < -0.3 is 20.5 Å². The smallest absolute Gasteiger partial charge is 0.471 e. The zero-order valence-corrected chi connectivity index (χ0v) is 20.2. The molecule has 36 heavy (non-hydrogen) atoms. The molecular formula is C24H26F3N5O3S. The number of aryl methyl sites for hydroxylation is 1. The molecule has 3 aliphatic heterocycles. The van der Waals surface area contributed by atoms with Crippen LogP contribution in [-0.4, -0.2) is 55.1 Å². The normalized spacial score (nSPS) is 24.8. The van der Waals surface area contributed by atoms with Crippen LogP contribution in [0.1, 0.15) is 16.7 Å². The van der Waals surface area contributed by atoms with Gasteiger partial charge in [-0.1, -0.05) is 35.9 Å². The number of alkyl halides is 3. The molecule has 8 nitrogen and oxygen atoms in total. The van der Waals surface area contributed by atoms with E-state index in [-0.39, 0.29) is 31.7 Å². The van der Waals surface area contributed by atoms with Gasteiger partial charge in [-0.25, -0.2) is 4.99 Å².